The van der Waals surface area contributed by atoms with Gasteiger partial charge in [-0.15, -0.1) is 11.3 Å². The molecule has 1 N–H and O–H groups in total. The molecule has 0 saturated carbocycles. The Kier molecular flexibility index (Phi) is 8.84. The Morgan fingerprint density at radius 1 is 0.959 bits per heavy atom. The van der Waals surface area contributed by atoms with Crippen LogP contribution < -0.4 is 9.47 Å². The first-order chi connectivity index (χ1) is 23.4. The molecule has 0 saturated heterocycles. The number of carboxylic acids is 1. The average Bonchev–Trinajstić information content (AvgIpc) is 3.48. The molecule has 1 aromatic heterocycles. The number of allylic oxidation sites excluding steroid dienone is 1. The molecular weight excluding hydrogens is 631 g/mol. The number of fused-ring (bicyclic) bond motifs is 8. The van der Waals surface area contributed by atoms with Crippen molar-refractivity contribution in [3.05, 3.63) is 101 Å². The van der Waals surface area contributed by atoms with Crippen molar-refractivity contribution in [2.24, 2.45) is 0 Å². The quantitative estimate of drug-likeness (QED) is 0.192. The predicted molar refractivity (Wildman–Crippen MR) is 198 cm³/mol. The average molecular weight is 674 g/mol. The summed E-state index contributed by atoms with van der Waals surface area (Å²) in [5.41, 5.74) is 8.84. The van der Waals surface area contributed by atoms with Crippen LogP contribution in [0.3, 0.4) is 0 Å². The van der Waals surface area contributed by atoms with E-state index in [-0.39, 0.29) is 12.0 Å². The van der Waals surface area contributed by atoms with Crippen LogP contribution in [0.5, 0.6) is 11.5 Å². The van der Waals surface area contributed by atoms with Gasteiger partial charge in [0, 0.05) is 28.7 Å². The highest BCUT2D eigenvalue weighted by Gasteiger charge is 2.33. The fourth-order valence-electron chi connectivity index (χ4n) is 7.02. The van der Waals surface area contributed by atoms with Crippen LogP contribution in [0, 0.1) is 13.8 Å². The van der Waals surface area contributed by atoms with Crippen LogP contribution in [-0.4, -0.2) is 34.4 Å². The maximum Gasteiger partial charge on any atom is 0.337 e. The second kappa shape index (κ2) is 13.1. The summed E-state index contributed by atoms with van der Waals surface area (Å²) in [7, 11) is 0. The molecule has 0 radical (unpaired) electrons. The second-order valence-electron chi connectivity index (χ2n) is 14.3. The van der Waals surface area contributed by atoms with E-state index in [9.17, 15) is 9.90 Å². The molecule has 7 rings (SSSR count). The van der Waals surface area contributed by atoms with E-state index in [1.807, 2.05) is 39.8 Å². The number of nitrogens with zero attached hydrogens (tertiary/aromatic N) is 1. The fourth-order valence-corrected chi connectivity index (χ4v) is 8.14. The highest BCUT2D eigenvalue weighted by Crippen LogP contribution is 2.47. The first kappa shape index (κ1) is 33.1. The van der Waals surface area contributed by atoms with E-state index in [1.54, 1.807) is 11.3 Å². The molecule has 6 nitrogen and oxygen atoms in total. The predicted octanol–water partition coefficient (Wildman–Crippen LogP) is 10.8. The Morgan fingerprint density at radius 2 is 1.73 bits per heavy atom. The lowest BCUT2D eigenvalue weighted by Gasteiger charge is -2.29. The van der Waals surface area contributed by atoms with Crippen LogP contribution in [0.15, 0.2) is 78.9 Å². The van der Waals surface area contributed by atoms with E-state index in [2.05, 4.69) is 80.6 Å². The third-order valence-electron chi connectivity index (χ3n) is 9.29. The minimum atomic E-state index is -1.16. The van der Waals surface area contributed by atoms with Gasteiger partial charge in [-0.1, -0.05) is 48.0 Å². The molecule has 3 heterocycles. The second-order valence-corrected chi connectivity index (χ2v) is 15.3. The number of ether oxygens (including phenoxy) is 3. The van der Waals surface area contributed by atoms with E-state index >= 15 is 0 Å². The summed E-state index contributed by atoms with van der Waals surface area (Å²) in [6.07, 6.45) is 5.90. The molecule has 4 aromatic carbocycles. The smallest absolute Gasteiger partial charge is 0.337 e. The summed E-state index contributed by atoms with van der Waals surface area (Å²) in [5, 5.41) is 11.5. The van der Waals surface area contributed by atoms with Crippen molar-refractivity contribution in [2.75, 3.05) is 6.61 Å². The highest BCUT2D eigenvalue weighted by atomic mass is 32.1. The minimum Gasteiger partial charge on any atom is -0.493 e. The molecule has 0 spiro atoms. The van der Waals surface area contributed by atoms with Gasteiger partial charge in [0.2, 0.25) is 0 Å². The van der Waals surface area contributed by atoms with Crippen LogP contribution in [0.4, 0.5) is 0 Å². The van der Waals surface area contributed by atoms with Gasteiger partial charge in [-0.2, -0.15) is 0 Å². The lowest BCUT2D eigenvalue weighted by atomic mass is 9.85. The summed E-state index contributed by atoms with van der Waals surface area (Å²) in [6.45, 7) is 12.5. The number of rotatable bonds is 3. The molecule has 49 heavy (non-hydrogen) atoms. The molecular formula is C42H43NO5S. The Labute approximate surface area is 292 Å². The van der Waals surface area contributed by atoms with Gasteiger partial charge in [-0.3, -0.25) is 0 Å². The Balaban J connectivity index is 1.50. The van der Waals surface area contributed by atoms with Crippen molar-refractivity contribution in [1.82, 2.24) is 4.98 Å². The van der Waals surface area contributed by atoms with Crippen LogP contribution in [0.25, 0.3) is 43.0 Å². The van der Waals surface area contributed by atoms with Crippen molar-refractivity contribution in [2.45, 2.75) is 84.5 Å². The monoisotopic (exact) mass is 673 g/mol. The summed E-state index contributed by atoms with van der Waals surface area (Å²) >= 11 is 1.59. The lowest BCUT2D eigenvalue weighted by Crippen LogP contribution is -2.28. The maximum atomic E-state index is 13.0. The number of aliphatic carboxylic acids is 1. The van der Waals surface area contributed by atoms with Crippen LogP contribution in [0.2, 0.25) is 0 Å². The molecule has 5 aromatic rings. The van der Waals surface area contributed by atoms with Crippen molar-refractivity contribution in [3.8, 4) is 44.3 Å². The number of thiazole rings is 1. The summed E-state index contributed by atoms with van der Waals surface area (Å²) in [5.74, 6) is 0.995. The fraction of sp³-hybridized carbons (Fsp3) is 0.333. The highest BCUT2D eigenvalue weighted by molar-refractivity contribution is 7.22. The van der Waals surface area contributed by atoms with E-state index in [4.69, 9.17) is 19.2 Å². The molecule has 0 fully saturated rings. The number of hydrogen-bond donors (Lipinski definition) is 1. The van der Waals surface area contributed by atoms with Gasteiger partial charge in [-0.05, 0) is 119 Å². The van der Waals surface area contributed by atoms with E-state index in [0.717, 1.165) is 90.5 Å². The number of carbonyl (C=O) groups is 1. The molecule has 2 aliphatic rings. The minimum absolute atomic E-state index is 0.00266. The number of benzene rings is 4. The largest absolute Gasteiger partial charge is 0.493 e. The molecule has 2 unspecified atom stereocenters. The Hall–Kier alpha value is -4.46. The summed E-state index contributed by atoms with van der Waals surface area (Å²) in [6, 6.07) is 23.1. The first-order valence-electron chi connectivity index (χ1n) is 17.1. The van der Waals surface area contributed by atoms with E-state index in [0.29, 0.717) is 12.2 Å². The normalized spacial score (nSPS) is 18.1. The molecule has 2 aliphatic heterocycles. The van der Waals surface area contributed by atoms with Gasteiger partial charge in [0.25, 0.3) is 0 Å². The molecule has 0 amide bonds. The van der Waals surface area contributed by atoms with E-state index in [1.165, 1.54) is 0 Å². The topological polar surface area (TPSA) is 77.9 Å². The number of aryl methyl sites for hydroxylation is 2. The lowest BCUT2D eigenvalue weighted by molar-refractivity contribution is -0.160. The van der Waals surface area contributed by atoms with Gasteiger partial charge in [-0.25, -0.2) is 9.78 Å². The third kappa shape index (κ3) is 6.75. The summed E-state index contributed by atoms with van der Waals surface area (Å²) in [4.78, 5) is 18.2. The number of hydrogen-bond acceptors (Lipinski definition) is 6. The first-order valence-corrected chi connectivity index (χ1v) is 17.9. The van der Waals surface area contributed by atoms with Gasteiger partial charge < -0.3 is 19.3 Å². The SMILES string of the molecule is Cc1ccc2c(c1)-c1cccc(c1)-c1nc3cc(C)c(C(OC(C)(C)C)C(=O)O)c(c3s1)-c1ccc3c(c1)C(CC=CC[C@H](C)O2)CCO3. The van der Waals surface area contributed by atoms with Crippen molar-refractivity contribution in [3.63, 3.8) is 0 Å². The zero-order valence-corrected chi connectivity index (χ0v) is 29.8. The molecule has 252 valence electrons. The number of aromatic nitrogens is 1. The van der Waals surface area contributed by atoms with Gasteiger partial charge in [0.15, 0.2) is 6.10 Å². The maximum absolute atomic E-state index is 13.0. The van der Waals surface area contributed by atoms with Crippen LogP contribution in [0.1, 0.15) is 81.2 Å². The molecule has 7 heteroatoms. The van der Waals surface area contributed by atoms with Crippen molar-refractivity contribution in [1.29, 1.82) is 0 Å². The van der Waals surface area contributed by atoms with Gasteiger partial charge in [0.05, 0.1) is 28.5 Å². The third-order valence-corrected chi connectivity index (χ3v) is 10.4. The zero-order valence-electron chi connectivity index (χ0n) is 29.0. The van der Waals surface area contributed by atoms with E-state index < -0.39 is 17.7 Å². The van der Waals surface area contributed by atoms with Crippen molar-refractivity contribution < 1.29 is 24.1 Å². The van der Waals surface area contributed by atoms with Crippen LogP contribution in [-0.2, 0) is 9.53 Å². The van der Waals surface area contributed by atoms with Gasteiger partial charge in [0.1, 0.15) is 16.5 Å². The Morgan fingerprint density at radius 3 is 2.53 bits per heavy atom. The summed E-state index contributed by atoms with van der Waals surface area (Å²) < 4.78 is 20.0. The van der Waals surface area contributed by atoms with Crippen molar-refractivity contribution >= 4 is 27.5 Å². The number of carboxylic acid groups (broad SMARTS) is 1. The molecule has 6 bridgehead atoms. The zero-order chi connectivity index (χ0) is 34.4. The Bertz CT molecular complexity index is 2090. The van der Waals surface area contributed by atoms with Gasteiger partial charge >= 0.3 is 5.97 Å². The standard InChI is InChI=1S/C42H43NO5S/c1-24-14-16-35-31(20-24)28-12-9-13-30(22-28)40-43-33-21-25(2)36(38(41(44)45)48-42(4,5)6)37(39(33)49-40)29-15-17-34-32(23-29)27(18-19-46-34)11-8-7-10-26(3)47-35/h7-9,12-17,20-23,26-27,38H,10-11,18-19H2,1-6H3,(H,44,45)/t26-,27?,38?/m0/s1. The molecule has 3 atom stereocenters. The van der Waals surface area contributed by atoms with Crippen LogP contribution >= 0.6 is 11.3 Å². The molecule has 0 aliphatic carbocycles.